The van der Waals surface area contributed by atoms with Crippen LogP contribution in [0.5, 0.6) is 0 Å². The zero-order chi connectivity index (χ0) is 18.4. The molecule has 2 fully saturated rings. The molecule has 26 heavy (non-hydrogen) atoms. The smallest absolute Gasteiger partial charge is 0.289 e. The lowest BCUT2D eigenvalue weighted by molar-refractivity contribution is -0.134. The SMILES string of the molecule is CN1C[C@H]2C[C@@H](N(C)C(=O)c3cc(=O)c4ccccc4o3)C[C@H]2CC1=O. The number of hydrogen-bond acceptors (Lipinski definition) is 4. The molecule has 1 saturated carbocycles. The third kappa shape index (κ3) is 2.79. The summed E-state index contributed by atoms with van der Waals surface area (Å²) in [4.78, 5) is 40.5. The Balaban J connectivity index is 1.55. The van der Waals surface area contributed by atoms with E-state index in [9.17, 15) is 14.4 Å². The summed E-state index contributed by atoms with van der Waals surface area (Å²) in [5.74, 6) is 0.737. The summed E-state index contributed by atoms with van der Waals surface area (Å²) in [6, 6.07) is 8.27. The van der Waals surface area contributed by atoms with E-state index in [1.807, 2.05) is 7.05 Å². The first-order valence-electron chi connectivity index (χ1n) is 8.98. The number of nitrogens with zero attached hydrogens (tertiary/aromatic N) is 2. The van der Waals surface area contributed by atoms with Crippen LogP contribution in [0, 0.1) is 11.8 Å². The molecule has 1 aromatic heterocycles. The van der Waals surface area contributed by atoms with E-state index < -0.39 is 0 Å². The molecule has 0 unspecified atom stereocenters. The molecule has 6 heteroatoms. The van der Waals surface area contributed by atoms with E-state index in [1.165, 1.54) is 6.07 Å². The number of benzene rings is 1. The van der Waals surface area contributed by atoms with Gasteiger partial charge in [0.15, 0.2) is 11.2 Å². The highest BCUT2D eigenvalue weighted by atomic mass is 16.3. The fraction of sp³-hybridized carbons (Fsp3) is 0.450. The number of fused-ring (bicyclic) bond motifs is 2. The van der Waals surface area contributed by atoms with Crippen molar-refractivity contribution in [3.8, 4) is 0 Å². The maximum Gasteiger partial charge on any atom is 0.289 e. The average molecular weight is 354 g/mol. The topological polar surface area (TPSA) is 70.8 Å². The van der Waals surface area contributed by atoms with E-state index >= 15 is 0 Å². The number of amides is 2. The van der Waals surface area contributed by atoms with Gasteiger partial charge in [-0.15, -0.1) is 0 Å². The van der Waals surface area contributed by atoms with Gasteiger partial charge in [0.1, 0.15) is 5.58 Å². The Bertz CT molecular complexity index is 935. The quantitative estimate of drug-likeness (QED) is 0.828. The molecule has 3 atom stereocenters. The second-order valence-electron chi connectivity index (χ2n) is 7.51. The molecule has 0 N–H and O–H groups in total. The molecule has 1 aliphatic carbocycles. The Kier molecular flexibility index (Phi) is 4.05. The number of para-hydroxylation sites is 1. The normalized spacial score (nSPS) is 25.4. The zero-order valence-electron chi connectivity index (χ0n) is 15.0. The van der Waals surface area contributed by atoms with Gasteiger partial charge in [0.05, 0.1) is 5.39 Å². The van der Waals surface area contributed by atoms with E-state index in [0.29, 0.717) is 29.2 Å². The highest BCUT2D eigenvalue weighted by molar-refractivity contribution is 5.93. The Labute approximate surface area is 151 Å². The van der Waals surface area contributed by atoms with Gasteiger partial charge in [-0.1, -0.05) is 12.1 Å². The second-order valence-corrected chi connectivity index (χ2v) is 7.51. The minimum Gasteiger partial charge on any atom is -0.451 e. The Morgan fingerprint density at radius 2 is 1.92 bits per heavy atom. The number of piperidine rings is 1. The zero-order valence-corrected chi connectivity index (χ0v) is 15.0. The first kappa shape index (κ1) is 16.8. The molecule has 0 spiro atoms. The molecule has 2 aromatic rings. The molecule has 1 saturated heterocycles. The van der Waals surface area contributed by atoms with Crippen LogP contribution < -0.4 is 5.43 Å². The molecule has 2 amide bonds. The van der Waals surface area contributed by atoms with Crippen LogP contribution in [0.15, 0.2) is 39.5 Å². The van der Waals surface area contributed by atoms with Gasteiger partial charge in [-0.25, -0.2) is 0 Å². The molecule has 6 nitrogen and oxygen atoms in total. The molecular weight excluding hydrogens is 332 g/mol. The fourth-order valence-corrected chi connectivity index (χ4v) is 4.35. The van der Waals surface area contributed by atoms with E-state index in [4.69, 9.17) is 4.42 Å². The van der Waals surface area contributed by atoms with Gasteiger partial charge in [-0.2, -0.15) is 0 Å². The maximum atomic E-state index is 12.9. The van der Waals surface area contributed by atoms with Crippen molar-refractivity contribution in [2.75, 3.05) is 20.6 Å². The van der Waals surface area contributed by atoms with Crippen LogP contribution in [-0.2, 0) is 4.79 Å². The van der Waals surface area contributed by atoms with E-state index in [0.717, 1.165) is 19.4 Å². The van der Waals surface area contributed by atoms with Crippen LogP contribution in [0.2, 0.25) is 0 Å². The van der Waals surface area contributed by atoms with Crippen LogP contribution in [0.1, 0.15) is 29.8 Å². The highest BCUT2D eigenvalue weighted by Gasteiger charge is 2.42. The standard InChI is InChI=1S/C20H22N2O4/c1-21-11-13-8-14(7-12(13)9-19(21)24)22(2)20(25)18-10-16(23)15-5-3-4-6-17(15)26-18/h3-6,10,12-14H,7-9,11H2,1-2H3/t12-,13+,14-/m0/s1. The van der Waals surface area contributed by atoms with Crippen molar-refractivity contribution in [2.45, 2.75) is 25.3 Å². The summed E-state index contributed by atoms with van der Waals surface area (Å²) in [5, 5.41) is 0.472. The monoisotopic (exact) mass is 354 g/mol. The Morgan fingerprint density at radius 3 is 2.73 bits per heavy atom. The number of hydrogen-bond donors (Lipinski definition) is 0. The van der Waals surface area contributed by atoms with Gasteiger partial charge in [0, 0.05) is 39.2 Å². The molecule has 4 rings (SSSR count). The van der Waals surface area contributed by atoms with Crippen molar-refractivity contribution >= 4 is 22.8 Å². The predicted molar refractivity (Wildman–Crippen MR) is 96.8 cm³/mol. The molecule has 1 aromatic carbocycles. The average Bonchev–Trinajstić information content (AvgIpc) is 3.03. The van der Waals surface area contributed by atoms with Gasteiger partial charge in [0.25, 0.3) is 5.91 Å². The third-order valence-electron chi connectivity index (χ3n) is 5.90. The lowest BCUT2D eigenvalue weighted by Crippen LogP contribution is -2.40. The van der Waals surface area contributed by atoms with Crippen LogP contribution in [0.25, 0.3) is 11.0 Å². The second kappa shape index (κ2) is 6.27. The minimum atomic E-state index is -0.281. The molecular formula is C20H22N2O4. The first-order valence-corrected chi connectivity index (χ1v) is 8.98. The molecule has 2 aliphatic rings. The predicted octanol–water partition coefficient (Wildman–Crippen LogP) is 2.12. The number of carbonyl (C=O) groups is 2. The van der Waals surface area contributed by atoms with Crippen LogP contribution in [-0.4, -0.2) is 48.3 Å². The molecule has 0 bridgehead atoms. The van der Waals surface area contributed by atoms with Crippen molar-refractivity contribution in [3.05, 3.63) is 46.3 Å². The molecule has 0 radical (unpaired) electrons. The van der Waals surface area contributed by atoms with Crippen molar-refractivity contribution in [1.29, 1.82) is 0 Å². The Morgan fingerprint density at radius 1 is 1.19 bits per heavy atom. The number of rotatable bonds is 2. The van der Waals surface area contributed by atoms with Gasteiger partial charge in [-0.3, -0.25) is 14.4 Å². The van der Waals surface area contributed by atoms with Crippen molar-refractivity contribution in [1.82, 2.24) is 9.80 Å². The Hall–Kier alpha value is -2.63. The fourth-order valence-electron chi connectivity index (χ4n) is 4.35. The van der Waals surface area contributed by atoms with Crippen molar-refractivity contribution in [3.63, 3.8) is 0 Å². The summed E-state index contributed by atoms with van der Waals surface area (Å²) in [5.41, 5.74) is 0.208. The molecule has 1 aliphatic heterocycles. The summed E-state index contributed by atoms with van der Waals surface area (Å²) in [6.07, 6.45) is 2.26. The summed E-state index contributed by atoms with van der Waals surface area (Å²) in [6.45, 7) is 0.757. The summed E-state index contributed by atoms with van der Waals surface area (Å²) < 4.78 is 5.68. The van der Waals surface area contributed by atoms with Gasteiger partial charge < -0.3 is 14.2 Å². The van der Waals surface area contributed by atoms with E-state index in [2.05, 4.69) is 0 Å². The molecule has 2 heterocycles. The highest BCUT2D eigenvalue weighted by Crippen LogP contribution is 2.40. The van der Waals surface area contributed by atoms with Crippen molar-refractivity contribution < 1.29 is 14.0 Å². The lowest BCUT2D eigenvalue weighted by atomic mass is 9.88. The largest absolute Gasteiger partial charge is 0.451 e. The van der Waals surface area contributed by atoms with Gasteiger partial charge in [0.2, 0.25) is 5.91 Å². The van der Waals surface area contributed by atoms with Crippen molar-refractivity contribution in [2.24, 2.45) is 11.8 Å². The first-order chi connectivity index (χ1) is 12.4. The third-order valence-corrected chi connectivity index (χ3v) is 5.90. The van der Waals surface area contributed by atoms with Crippen LogP contribution in [0.4, 0.5) is 0 Å². The van der Waals surface area contributed by atoms with Gasteiger partial charge >= 0.3 is 0 Å². The lowest BCUT2D eigenvalue weighted by Gasteiger charge is -2.31. The summed E-state index contributed by atoms with van der Waals surface area (Å²) >= 11 is 0. The summed E-state index contributed by atoms with van der Waals surface area (Å²) in [7, 11) is 3.59. The number of carbonyl (C=O) groups excluding carboxylic acids is 2. The maximum absolute atomic E-state index is 12.9. The van der Waals surface area contributed by atoms with Crippen LogP contribution >= 0.6 is 0 Å². The van der Waals surface area contributed by atoms with E-state index in [1.54, 1.807) is 41.1 Å². The van der Waals surface area contributed by atoms with Gasteiger partial charge in [-0.05, 0) is 36.8 Å². The molecule has 136 valence electrons. The van der Waals surface area contributed by atoms with E-state index in [-0.39, 0.29) is 29.0 Å². The number of likely N-dealkylation sites (tertiary alicyclic amines) is 1. The van der Waals surface area contributed by atoms with Crippen LogP contribution in [0.3, 0.4) is 0 Å². The minimum absolute atomic E-state index is 0.0635.